The van der Waals surface area contributed by atoms with Crippen LogP contribution in [0, 0.1) is 20.2 Å². The van der Waals surface area contributed by atoms with Crippen molar-refractivity contribution in [3.05, 3.63) is 26.3 Å². The molecule has 0 bridgehead atoms. The van der Waals surface area contributed by atoms with Crippen LogP contribution in [0.4, 0.5) is 17.1 Å². The lowest BCUT2D eigenvalue weighted by Crippen LogP contribution is -2.14. The van der Waals surface area contributed by atoms with Crippen molar-refractivity contribution in [3.8, 4) is 11.5 Å². The summed E-state index contributed by atoms with van der Waals surface area (Å²) < 4.78 is 10.7. The van der Waals surface area contributed by atoms with E-state index in [2.05, 4.69) is 5.32 Å². The van der Waals surface area contributed by atoms with Gasteiger partial charge < -0.3 is 14.8 Å². The van der Waals surface area contributed by atoms with Crippen LogP contribution in [0.1, 0.15) is 19.8 Å². The Kier molecular flexibility index (Phi) is 4.39. The summed E-state index contributed by atoms with van der Waals surface area (Å²) >= 11 is 0. The smallest absolute Gasteiger partial charge is 0.391 e. The molecule has 0 atom stereocenters. The van der Waals surface area contributed by atoms with E-state index in [-0.39, 0.29) is 30.4 Å². The Balaban J connectivity index is 2.72. The van der Waals surface area contributed by atoms with Gasteiger partial charge in [-0.05, 0) is 12.8 Å². The van der Waals surface area contributed by atoms with Gasteiger partial charge in [0.05, 0.1) is 34.8 Å². The van der Waals surface area contributed by atoms with Crippen LogP contribution in [0.2, 0.25) is 0 Å². The standard InChI is InChI=1S/C12H13N3O7/c1-7(16)13-8-6-9(14(17)18)10(15(19)20)12-11(8)21-4-2-3-5-22-12/h6H,2-5H2,1H3,(H,13,16). The van der Waals surface area contributed by atoms with Crippen molar-refractivity contribution >= 4 is 23.0 Å². The predicted molar refractivity (Wildman–Crippen MR) is 74.3 cm³/mol. The lowest BCUT2D eigenvalue weighted by Gasteiger charge is -2.19. The predicted octanol–water partition coefficient (Wildman–Crippen LogP) is 2.01. The molecule has 0 unspecified atom stereocenters. The number of benzene rings is 1. The molecule has 1 aliphatic heterocycles. The van der Waals surface area contributed by atoms with E-state index in [0.29, 0.717) is 12.8 Å². The number of nitro benzene ring substituents is 2. The second-order valence-electron chi connectivity index (χ2n) is 4.55. The van der Waals surface area contributed by atoms with Crippen LogP contribution in [-0.4, -0.2) is 29.0 Å². The summed E-state index contributed by atoms with van der Waals surface area (Å²) in [6.45, 7) is 1.64. The van der Waals surface area contributed by atoms with Crippen LogP contribution in [0.3, 0.4) is 0 Å². The highest BCUT2D eigenvalue weighted by molar-refractivity contribution is 5.93. The number of carbonyl (C=O) groups is 1. The molecular weight excluding hydrogens is 298 g/mol. The third kappa shape index (κ3) is 3.05. The number of fused-ring (bicyclic) bond motifs is 1. The van der Waals surface area contributed by atoms with Crippen LogP contribution in [0.25, 0.3) is 0 Å². The molecule has 10 nitrogen and oxygen atoms in total. The molecule has 0 aromatic heterocycles. The summed E-state index contributed by atoms with van der Waals surface area (Å²) in [4.78, 5) is 31.8. The number of hydrogen-bond donors (Lipinski definition) is 1. The van der Waals surface area contributed by atoms with E-state index in [1.54, 1.807) is 0 Å². The van der Waals surface area contributed by atoms with Crippen LogP contribution >= 0.6 is 0 Å². The van der Waals surface area contributed by atoms with Gasteiger partial charge in [0.1, 0.15) is 0 Å². The SMILES string of the molecule is CC(=O)Nc1cc([N+](=O)[O-])c([N+](=O)[O-])c2c1OCCCCO2. The first-order valence-corrected chi connectivity index (χ1v) is 6.44. The van der Waals surface area contributed by atoms with Gasteiger partial charge in [0.15, 0.2) is 5.75 Å². The minimum absolute atomic E-state index is 0.0262. The van der Waals surface area contributed by atoms with Crippen molar-refractivity contribution < 1.29 is 24.1 Å². The zero-order valence-electron chi connectivity index (χ0n) is 11.7. The Morgan fingerprint density at radius 2 is 1.73 bits per heavy atom. The van der Waals surface area contributed by atoms with E-state index < -0.39 is 27.1 Å². The van der Waals surface area contributed by atoms with Gasteiger partial charge in [0, 0.05) is 6.92 Å². The Hall–Kier alpha value is -2.91. The second kappa shape index (κ2) is 6.24. The zero-order valence-corrected chi connectivity index (χ0v) is 11.7. The van der Waals surface area contributed by atoms with Gasteiger partial charge in [-0.3, -0.25) is 25.0 Å². The minimum atomic E-state index is -0.897. The molecule has 1 heterocycles. The van der Waals surface area contributed by atoms with Gasteiger partial charge >= 0.3 is 11.4 Å². The number of nitrogens with one attached hydrogen (secondary N) is 1. The normalized spacial score (nSPS) is 13.7. The maximum atomic E-state index is 11.2. The summed E-state index contributed by atoms with van der Waals surface area (Å²) in [5, 5.41) is 24.7. The number of anilines is 1. The van der Waals surface area contributed by atoms with Crippen molar-refractivity contribution in [2.45, 2.75) is 19.8 Å². The lowest BCUT2D eigenvalue weighted by atomic mass is 10.2. The molecule has 22 heavy (non-hydrogen) atoms. The molecule has 0 saturated heterocycles. The molecule has 1 aliphatic rings. The molecule has 0 radical (unpaired) electrons. The molecule has 118 valence electrons. The minimum Gasteiger partial charge on any atom is -0.487 e. The quantitative estimate of drug-likeness (QED) is 0.666. The molecule has 0 aliphatic carbocycles. The number of rotatable bonds is 3. The van der Waals surface area contributed by atoms with Crippen molar-refractivity contribution in [2.75, 3.05) is 18.5 Å². The highest BCUT2D eigenvalue weighted by atomic mass is 16.6. The van der Waals surface area contributed by atoms with Gasteiger partial charge in [-0.1, -0.05) is 0 Å². The number of carbonyl (C=O) groups excluding carboxylic acids is 1. The average Bonchev–Trinajstić information content (AvgIpc) is 2.37. The highest BCUT2D eigenvalue weighted by Gasteiger charge is 2.36. The van der Waals surface area contributed by atoms with Gasteiger partial charge in [-0.15, -0.1) is 0 Å². The Morgan fingerprint density at radius 1 is 1.14 bits per heavy atom. The van der Waals surface area contributed by atoms with E-state index in [9.17, 15) is 25.0 Å². The first kappa shape index (κ1) is 15.5. The average molecular weight is 311 g/mol. The number of amides is 1. The van der Waals surface area contributed by atoms with Crippen LogP contribution in [0.15, 0.2) is 6.07 Å². The number of hydrogen-bond acceptors (Lipinski definition) is 7. The maximum Gasteiger partial charge on any atom is 0.391 e. The number of ether oxygens (including phenoxy) is 2. The van der Waals surface area contributed by atoms with Crippen LogP contribution in [0.5, 0.6) is 11.5 Å². The molecular formula is C12H13N3O7. The van der Waals surface area contributed by atoms with Gasteiger partial charge in [-0.2, -0.15) is 0 Å². The van der Waals surface area contributed by atoms with E-state index in [4.69, 9.17) is 9.47 Å². The fraction of sp³-hybridized carbons (Fsp3) is 0.417. The van der Waals surface area contributed by atoms with Gasteiger partial charge in [-0.25, -0.2) is 0 Å². The third-order valence-corrected chi connectivity index (χ3v) is 2.91. The van der Waals surface area contributed by atoms with Gasteiger partial charge in [0.25, 0.3) is 0 Å². The molecule has 0 fully saturated rings. The largest absolute Gasteiger partial charge is 0.487 e. The zero-order chi connectivity index (χ0) is 16.3. The summed E-state index contributed by atoms with van der Waals surface area (Å²) in [6.07, 6.45) is 1.25. The summed E-state index contributed by atoms with van der Waals surface area (Å²) in [7, 11) is 0. The number of nitro groups is 2. The summed E-state index contributed by atoms with van der Waals surface area (Å²) in [5.74, 6) is -0.883. The molecule has 1 amide bonds. The van der Waals surface area contributed by atoms with Gasteiger partial charge in [0.2, 0.25) is 11.7 Å². The molecule has 1 aromatic rings. The molecule has 1 N–H and O–H groups in total. The van der Waals surface area contributed by atoms with Crippen LogP contribution in [-0.2, 0) is 4.79 Å². The topological polar surface area (TPSA) is 134 Å². The van der Waals surface area contributed by atoms with E-state index in [1.807, 2.05) is 0 Å². The highest BCUT2D eigenvalue weighted by Crippen LogP contribution is 2.49. The fourth-order valence-electron chi connectivity index (χ4n) is 2.04. The summed E-state index contributed by atoms with van der Waals surface area (Å²) in [6, 6.07) is 0.906. The van der Waals surface area contributed by atoms with Crippen LogP contribution < -0.4 is 14.8 Å². The van der Waals surface area contributed by atoms with Crippen molar-refractivity contribution in [2.24, 2.45) is 0 Å². The Bertz CT molecular complexity index is 644. The lowest BCUT2D eigenvalue weighted by molar-refractivity contribution is -0.423. The third-order valence-electron chi connectivity index (χ3n) is 2.91. The van der Waals surface area contributed by atoms with Crippen molar-refractivity contribution in [1.29, 1.82) is 0 Å². The molecule has 0 saturated carbocycles. The molecule has 1 aromatic carbocycles. The summed E-state index contributed by atoms with van der Waals surface area (Å²) in [5.41, 5.74) is -1.57. The molecule has 0 spiro atoms. The first-order valence-electron chi connectivity index (χ1n) is 6.44. The maximum absolute atomic E-state index is 11.2. The molecule has 10 heteroatoms. The Morgan fingerprint density at radius 3 is 2.23 bits per heavy atom. The Labute approximate surface area is 124 Å². The van der Waals surface area contributed by atoms with E-state index >= 15 is 0 Å². The second-order valence-corrected chi connectivity index (χ2v) is 4.55. The van der Waals surface area contributed by atoms with Crippen molar-refractivity contribution in [1.82, 2.24) is 0 Å². The fourth-order valence-corrected chi connectivity index (χ4v) is 2.04. The first-order chi connectivity index (χ1) is 10.4. The van der Waals surface area contributed by atoms with E-state index in [0.717, 1.165) is 6.07 Å². The monoisotopic (exact) mass is 311 g/mol. The van der Waals surface area contributed by atoms with E-state index in [1.165, 1.54) is 6.92 Å². The number of nitrogens with zero attached hydrogens (tertiary/aromatic N) is 2. The molecule has 2 rings (SSSR count). The van der Waals surface area contributed by atoms with Crippen molar-refractivity contribution in [3.63, 3.8) is 0 Å².